The van der Waals surface area contributed by atoms with Gasteiger partial charge in [-0.05, 0) is 27.7 Å². The van der Waals surface area contributed by atoms with E-state index in [0.717, 1.165) is 0 Å². The molecule has 0 saturated carbocycles. The van der Waals surface area contributed by atoms with Crippen molar-refractivity contribution in [1.82, 2.24) is 4.90 Å². The fourth-order valence-electron chi connectivity index (χ4n) is 1.82. The summed E-state index contributed by atoms with van der Waals surface area (Å²) in [5.74, 6) is -2.49. The van der Waals surface area contributed by atoms with Gasteiger partial charge in [-0.2, -0.15) is 0 Å². The molecule has 1 atom stereocenters. The second kappa shape index (κ2) is 2.66. The third-order valence-corrected chi connectivity index (χ3v) is 2.63. The normalized spacial score (nSPS) is 31.0. The first kappa shape index (κ1) is 9.90. The maximum absolute atomic E-state index is 13.1. The first-order chi connectivity index (χ1) is 5.25. The molecule has 0 amide bonds. The lowest BCUT2D eigenvalue weighted by molar-refractivity contribution is -0.0411. The van der Waals surface area contributed by atoms with Gasteiger partial charge in [0, 0.05) is 18.5 Å². The van der Waals surface area contributed by atoms with Gasteiger partial charge in [-0.15, -0.1) is 0 Å². The fraction of sp³-hybridized carbons (Fsp3) is 1.00. The molecule has 1 unspecified atom stereocenters. The Morgan fingerprint density at radius 1 is 1.33 bits per heavy atom. The summed E-state index contributed by atoms with van der Waals surface area (Å²) in [5, 5.41) is 0. The third-order valence-electron chi connectivity index (χ3n) is 2.63. The van der Waals surface area contributed by atoms with Crippen molar-refractivity contribution in [1.29, 1.82) is 0 Å². The Hall–Kier alpha value is -0.180. The summed E-state index contributed by atoms with van der Waals surface area (Å²) in [6, 6.07) is -0.613. The molecule has 0 aliphatic carbocycles. The molecule has 1 aliphatic rings. The minimum Gasteiger partial charge on any atom is -0.290 e. The molecular weight excluding hydrogens is 160 g/mol. The Morgan fingerprint density at radius 3 is 2.00 bits per heavy atom. The first-order valence-corrected chi connectivity index (χ1v) is 4.40. The van der Waals surface area contributed by atoms with Crippen LogP contribution in [0.2, 0.25) is 0 Å². The molecule has 0 aromatic carbocycles. The van der Waals surface area contributed by atoms with Gasteiger partial charge in [0.1, 0.15) is 0 Å². The van der Waals surface area contributed by atoms with Crippen molar-refractivity contribution in [3.05, 3.63) is 0 Å². The van der Waals surface area contributed by atoms with E-state index in [0.29, 0.717) is 6.54 Å². The van der Waals surface area contributed by atoms with Gasteiger partial charge < -0.3 is 0 Å². The zero-order valence-electron chi connectivity index (χ0n) is 8.19. The first-order valence-electron chi connectivity index (χ1n) is 4.40. The van der Waals surface area contributed by atoms with Crippen molar-refractivity contribution in [2.45, 2.75) is 51.6 Å². The number of hydrogen-bond donors (Lipinski definition) is 0. The number of alkyl halides is 2. The predicted octanol–water partition coefficient (Wildman–Crippen LogP) is 2.51. The molecule has 0 radical (unpaired) electrons. The second-order valence-electron chi connectivity index (χ2n) is 4.55. The fourth-order valence-corrected chi connectivity index (χ4v) is 1.82. The van der Waals surface area contributed by atoms with E-state index in [1.54, 1.807) is 6.92 Å². The molecule has 72 valence electrons. The summed E-state index contributed by atoms with van der Waals surface area (Å²) < 4.78 is 26.2. The van der Waals surface area contributed by atoms with E-state index < -0.39 is 12.0 Å². The highest BCUT2D eigenvalue weighted by Gasteiger charge is 2.48. The molecule has 0 N–H and O–H groups in total. The van der Waals surface area contributed by atoms with Crippen LogP contribution in [-0.2, 0) is 0 Å². The molecule has 0 bridgehead atoms. The minimum atomic E-state index is -2.49. The van der Waals surface area contributed by atoms with Crippen molar-refractivity contribution < 1.29 is 8.78 Å². The van der Waals surface area contributed by atoms with Gasteiger partial charge in [-0.25, -0.2) is 8.78 Å². The van der Waals surface area contributed by atoms with Crippen LogP contribution in [0, 0.1) is 0 Å². The molecule has 0 aromatic heterocycles. The lowest BCUT2D eigenvalue weighted by Gasteiger charge is -2.36. The van der Waals surface area contributed by atoms with E-state index in [9.17, 15) is 8.78 Å². The van der Waals surface area contributed by atoms with E-state index in [1.165, 1.54) is 0 Å². The molecule has 0 spiro atoms. The number of likely N-dealkylation sites (tertiary alicyclic amines) is 1. The van der Waals surface area contributed by atoms with Gasteiger partial charge in [0.2, 0.25) is 0 Å². The van der Waals surface area contributed by atoms with Crippen LogP contribution >= 0.6 is 0 Å². The zero-order chi connectivity index (χ0) is 9.57. The molecule has 1 nitrogen and oxygen atoms in total. The summed E-state index contributed by atoms with van der Waals surface area (Å²) in [7, 11) is 0. The van der Waals surface area contributed by atoms with Crippen LogP contribution in [-0.4, -0.2) is 28.9 Å². The van der Waals surface area contributed by atoms with Crippen molar-refractivity contribution in [2.75, 3.05) is 6.54 Å². The van der Waals surface area contributed by atoms with Crippen LogP contribution in [0.5, 0.6) is 0 Å². The molecular formula is C9H17F2N. The standard InChI is InChI=1S/C9H17F2N/c1-7-9(10,11)5-6-12(7)8(2,3)4/h7H,5-6H2,1-4H3. The maximum Gasteiger partial charge on any atom is 0.264 e. The van der Waals surface area contributed by atoms with Crippen molar-refractivity contribution in [2.24, 2.45) is 0 Å². The van der Waals surface area contributed by atoms with E-state index in [1.807, 2.05) is 25.7 Å². The lowest BCUT2D eigenvalue weighted by Crippen LogP contribution is -2.47. The van der Waals surface area contributed by atoms with Crippen LogP contribution in [0.4, 0.5) is 8.78 Å². The summed E-state index contributed by atoms with van der Waals surface area (Å²) in [6.45, 7) is 8.05. The Morgan fingerprint density at radius 2 is 1.83 bits per heavy atom. The average Bonchev–Trinajstić information content (AvgIpc) is 2.06. The Balaban J connectivity index is 2.74. The van der Waals surface area contributed by atoms with Gasteiger partial charge in [0.15, 0.2) is 0 Å². The van der Waals surface area contributed by atoms with Gasteiger partial charge in [0.25, 0.3) is 5.92 Å². The zero-order valence-corrected chi connectivity index (χ0v) is 8.19. The quantitative estimate of drug-likeness (QED) is 0.549. The van der Waals surface area contributed by atoms with Crippen LogP contribution in [0.3, 0.4) is 0 Å². The highest BCUT2D eigenvalue weighted by atomic mass is 19.3. The SMILES string of the molecule is CC1N(C(C)(C)C)CCC1(F)F. The molecule has 1 fully saturated rings. The third kappa shape index (κ3) is 1.60. The highest BCUT2D eigenvalue weighted by Crippen LogP contribution is 2.37. The van der Waals surface area contributed by atoms with Crippen LogP contribution < -0.4 is 0 Å². The summed E-state index contributed by atoms with van der Waals surface area (Å²) in [6.07, 6.45) is 0.00539. The number of nitrogens with zero attached hydrogens (tertiary/aromatic N) is 1. The van der Waals surface area contributed by atoms with Gasteiger partial charge >= 0.3 is 0 Å². The van der Waals surface area contributed by atoms with E-state index in [2.05, 4.69) is 0 Å². The Bertz CT molecular complexity index is 172. The lowest BCUT2D eigenvalue weighted by atomic mass is 10.0. The molecule has 1 aliphatic heterocycles. The monoisotopic (exact) mass is 177 g/mol. The topological polar surface area (TPSA) is 3.24 Å². The van der Waals surface area contributed by atoms with E-state index in [4.69, 9.17) is 0 Å². The average molecular weight is 177 g/mol. The molecule has 1 saturated heterocycles. The van der Waals surface area contributed by atoms with Crippen LogP contribution in [0.15, 0.2) is 0 Å². The minimum absolute atomic E-state index is 0.00539. The van der Waals surface area contributed by atoms with Crippen LogP contribution in [0.1, 0.15) is 34.1 Å². The Labute approximate surface area is 72.7 Å². The Kier molecular flexibility index (Phi) is 2.19. The second-order valence-corrected chi connectivity index (χ2v) is 4.55. The van der Waals surface area contributed by atoms with E-state index in [-0.39, 0.29) is 12.0 Å². The maximum atomic E-state index is 13.1. The largest absolute Gasteiger partial charge is 0.290 e. The van der Waals surface area contributed by atoms with E-state index >= 15 is 0 Å². The van der Waals surface area contributed by atoms with Gasteiger partial charge in [-0.1, -0.05) is 0 Å². The summed E-state index contributed by atoms with van der Waals surface area (Å²) in [4.78, 5) is 1.87. The number of halogens is 2. The smallest absolute Gasteiger partial charge is 0.264 e. The predicted molar refractivity (Wildman–Crippen MR) is 45.5 cm³/mol. The molecule has 12 heavy (non-hydrogen) atoms. The van der Waals surface area contributed by atoms with Crippen LogP contribution in [0.25, 0.3) is 0 Å². The highest BCUT2D eigenvalue weighted by molar-refractivity contribution is 4.95. The molecule has 0 aromatic rings. The van der Waals surface area contributed by atoms with Gasteiger partial charge in [0.05, 0.1) is 6.04 Å². The van der Waals surface area contributed by atoms with Gasteiger partial charge in [-0.3, -0.25) is 4.90 Å². The summed E-state index contributed by atoms with van der Waals surface area (Å²) >= 11 is 0. The number of rotatable bonds is 0. The van der Waals surface area contributed by atoms with Crippen molar-refractivity contribution in [3.8, 4) is 0 Å². The van der Waals surface area contributed by atoms with Crippen molar-refractivity contribution in [3.63, 3.8) is 0 Å². The number of hydrogen-bond acceptors (Lipinski definition) is 1. The molecule has 1 heterocycles. The van der Waals surface area contributed by atoms with Crippen molar-refractivity contribution >= 4 is 0 Å². The summed E-state index contributed by atoms with van der Waals surface area (Å²) in [5.41, 5.74) is -0.140. The molecule has 1 rings (SSSR count). The molecule has 3 heteroatoms.